The number of hydrogen-bond acceptors (Lipinski definition) is 2. The lowest BCUT2D eigenvalue weighted by Gasteiger charge is -2.01. The Morgan fingerprint density at radius 3 is 2.87 bits per heavy atom. The Morgan fingerprint density at radius 2 is 2.20 bits per heavy atom. The van der Waals surface area contributed by atoms with Gasteiger partial charge in [0.2, 0.25) is 0 Å². The molecule has 0 amide bonds. The normalized spacial score (nSPS) is 10.2. The van der Waals surface area contributed by atoms with Gasteiger partial charge in [0.05, 0.1) is 23.6 Å². The van der Waals surface area contributed by atoms with Crippen molar-refractivity contribution < 1.29 is 9.53 Å². The average molecular weight is 204 g/mol. The van der Waals surface area contributed by atoms with Crippen molar-refractivity contribution in [2.24, 2.45) is 0 Å². The molecule has 4 heteroatoms. The van der Waals surface area contributed by atoms with E-state index < -0.39 is 0 Å². The highest BCUT2D eigenvalue weighted by Crippen LogP contribution is 2.20. The van der Waals surface area contributed by atoms with Crippen molar-refractivity contribution in [2.45, 2.75) is 6.92 Å². The van der Waals surface area contributed by atoms with Gasteiger partial charge in [0, 0.05) is 12.4 Å². The molecule has 0 saturated heterocycles. The molecule has 4 nitrogen and oxygen atoms in total. The number of nitrogens with one attached hydrogen (secondary N) is 2. The van der Waals surface area contributed by atoms with Gasteiger partial charge in [-0.3, -0.25) is 0 Å². The zero-order valence-corrected chi connectivity index (χ0v) is 8.41. The van der Waals surface area contributed by atoms with Crippen LogP contribution in [0.3, 0.4) is 0 Å². The van der Waals surface area contributed by atoms with Gasteiger partial charge in [0.1, 0.15) is 0 Å². The molecule has 2 aromatic heterocycles. The van der Waals surface area contributed by atoms with Crippen LogP contribution in [0.5, 0.6) is 0 Å². The minimum atomic E-state index is -0.302. The number of hydrogen-bond donors (Lipinski definition) is 2. The molecule has 0 aliphatic carbocycles. The number of carbonyl (C=O) groups excluding carboxylic acids is 1. The van der Waals surface area contributed by atoms with Crippen molar-refractivity contribution in [3.05, 3.63) is 36.2 Å². The van der Waals surface area contributed by atoms with E-state index in [-0.39, 0.29) is 5.97 Å². The van der Waals surface area contributed by atoms with Crippen LogP contribution < -0.4 is 0 Å². The van der Waals surface area contributed by atoms with E-state index in [9.17, 15) is 4.79 Å². The van der Waals surface area contributed by atoms with Crippen LogP contribution in [0.1, 0.15) is 17.3 Å². The Morgan fingerprint density at radius 1 is 1.33 bits per heavy atom. The molecule has 0 unspecified atom stereocenters. The first kappa shape index (κ1) is 9.58. The molecular weight excluding hydrogens is 192 g/mol. The number of aromatic nitrogens is 2. The van der Waals surface area contributed by atoms with Gasteiger partial charge in [-0.2, -0.15) is 0 Å². The summed E-state index contributed by atoms with van der Waals surface area (Å²) in [7, 11) is 0. The van der Waals surface area contributed by atoms with Crippen LogP contribution in [0.2, 0.25) is 0 Å². The first-order valence-electron chi connectivity index (χ1n) is 4.81. The van der Waals surface area contributed by atoms with Gasteiger partial charge < -0.3 is 14.7 Å². The highest BCUT2D eigenvalue weighted by molar-refractivity contribution is 5.95. The fraction of sp³-hybridized carbons (Fsp3) is 0.182. The minimum Gasteiger partial charge on any atom is -0.462 e. The molecule has 2 N–H and O–H groups in total. The largest absolute Gasteiger partial charge is 0.462 e. The molecule has 2 aromatic rings. The molecule has 2 rings (SSSR count). The van der Waals surface area contributed by atoms with Crippen LogP contribution in [0, 0.1) is 0 Å². The summed E-state index contributed by atoms with van der Waals surface area (Å²) in [6.07, 6.45) is 3.54. The highest BCUT2D eigenvalue weighted by atomic mass is 16.5. The molecule has 0 fully saturated rings. The van der Waals surface area contributed by atoms with E-state index >= 15 is 0 Å². The summed E-state index contributed by atoms with van der Waals surface area (Å²) < 4.78 is 4.95. The summed E-state index contributed by atoms with van der Waals surface area (Å²) >= 11 is 0. The van der Waals surface area contributed by atoms with Crippen LogP contribution in [0.25, 0.3) is 11.4 Å². The molecule has 0 atom stereocenters. The predicted octanol–water partition coefficient (Wildman–Crippen LogP) is 2.19. The number of esters is 1. The van der Waals surface area contributed by atoms with Crippen molar-refractivity contribution in [3.63, 3.8) is 0 Å². The van der Waals surface area contributed by atoms with Crippen molar-refractivity contribution in [1.29, 1.82) is 0 Å². The standard InChI is InChI=1S/C11H12N2O2/c1-2-15-11(14)8-5-7-13-10(8)9-4-3-6-12-9/h3-7,12-13H,2H2,1H3. The fourth-order valence-corrected chi connectivity index (χ4v) is 1.46. The molecule has 0 aliphatic rings. The molecule has 15 heavy (non-hydrogen) atoms. The highest BCUT2D eigenvalue weighted by Gasteiger charge is 2.14. The van der Waals surface area contributed by atoms with Gasteiger partial charge in [-0.05, 0) is 25.1 Å². The van der Waals surface area contributed by atoms with Crippen LogP contribution >= 0.6 is 0 Å². The van der Waals surface area contributed by atoms with E-state index in [1.54, 1.807) is 19.2 Å². The van der Waals surface area contributed by atoms with Crippen LogP contribution in [-0.4, -0.2) is 22.5 Å². The Balaban J connectivity index is 2.34. The fourth-order valence-electron chi connectivity index (χ4n) is 1.46. The third kappa shape index (κ3) is 1.79. The molecule has 0 bridgehead atoms. The first-order valence-corrected chi connectivity index (χ1v) is 4.81. The van der Waals surface area contributed by atoms with E-state index in [4.69, 9.17) is 4.74 Å². The summed E-state index contributed by atoms with van der Waals surface area (Å²) in [6.45, 7) is 2.17. The zero-order valence-electron chi connectivity index (χ0n) is 8.41. The average Bonchev–Trinajstić information content (AvgIpc) is 2.88. The Hall–Kier alpha value is -1.97. The van der Waals surface area contributed by atoms with Crippen LogP contribution in [0.4, 0.5) is 0 Å². The summed E-state index contributed by atoms with van der Waals surface area (Å²) in [6, 6.07) is 5.49. The second kappa shape index (κ2) is 4.04. The van der Waals surface area contributed by atoms with E-state index in [0.717, 1.165) is 11.4 Å². The maximum Gasteiger partial charge on any atom is 0.340 e. The number of carbonyl (C=O) groups is 1. The summed E-state index contributed by atoms with van der Waals surface area (Å²) in [5, 5.41) is 0. The van der Waals surface area contributed by atoms with Crippen LogP contribution in [-0.2, 0) is 4.74 Å². The second-order valence-electron chi connectivity index (χ2n) is 3.07. The lowest BCUT2D eigenvalue weighted by atomic mass is 10.2. The van der Waals surface area contributed by atoms with Gasteiger partial charge in [0.15, 0.2) is 0 Å². The van der Waals surface area contributed by atoms with Gasteiger partial charge in [-0.25, -0.2) is 4.79 Å². The number of ether oxygens (including phenoxy) is 1. The van der Waals surface area contributed by atoms with Gasteiger partial charge >= 0.3 is 5.97 Å². The molecular formula is C11H12N2O2. The van der Waals surface area contributed by atoms with E-state index in [0.29, 0.717) is 12.2 Å². The molecule has 0 aromatic carbocycles. The lowest BCUT2D eigenvalue weighted by molar-refractivity contribution is 0.0527. The molecule has 78 valence electrons. The number of aromatic amines is 2. The Kier molecular flexibility index (Phi) is 2.58. The Bertz CT molecular complexity index is 443. The predicted molar refractivity (Wildman–Crippen MR) is 56.5 cm³/mol. The molecule has 0 radical (unpaired) electrons. The second-order valence-corrected chi connectivity index (χ2v) is 3.07. The van der Waals surface area contributed by atoms with Crippen LogP contribution in [0.15, 0.2) is 30.6 Å². The summed E-state index contributed by atoms with van der Waals surface area (Å²) in [5.74, 6) is -0.302. The zero-order chi connectivity index (χ0) is 10.7. The molecule has 0 aliphatic heterocycles. The third-order valence-electron chi connectivity index (χ3n) is 2.11. The third-order valence-corrected chi connectivity index (χ3v) is 2.11. The van der Waals surface area contributed by atoms with E-state index in [2.05, 4.69) is 9.97 Å². The maximum absolute atomic E-state index is 11.6. The van der Waals surface area contributed by atoms with Crippen molar-refractivity contribution >= 4 is 5.97 Å². The smallest absolute Gasteiger partial charge is 0.340 e. The summed E-state index contributed by atoms with van der Waals surface area (Å²) in [5.41, 5.74) is 2.20. The number of H-pyrrole nitrogens is 2. The van der Waals surface area contributed by atoms with Crippen molar-refractivity contribution in [3.8, 4) is 11.4 Å². The Labute approximate surface area is 87.3 Å². The molecule has 2 heterocycles. The number of rotatable bonds is 3. The summed E-state index contributed by atoms with van der Waals surface area (Å²) in [4.78, 5) is 17.6. The monoisotopic (exact) mass is 204 g/mol. The van der Waals surface area contributed by atoms with Crippen molar-refractivity contribution in [2.75, 3.05) is 6.61 Å². The topological polar surface area (TPSA) is 57.9 Å². The lowest BCUT2D eigenvalue weighted by Crippen LogP contribution is -2.04. The quantitative estimate of drug-likeness (QED) is 0.753. The van der Waals surface area contributed by atoms with E-state index in [1.807, 2.05) is 18.3 Å². The van der Waals surface area contributed by atoms with Gasteiger partial charge in [-0.1, -0.05) is 0 Å². The van der Waals surface area contributed by atoms with Gasteiger partial charge in [-0.15, -0.1) is 0 Å². The van der Waals surface area contributed by atoms with Crippen molar-refractivity contribution in [1.82, 2.24) is 9.97 Å². The molecule has 0 saturated carbocycles. The van der Waals surface area contributed by atoms with E-state index in [1.165, 1.54) is 0 Å². The molecule has 0 spiro atoms. The SMILES string of the molecule is CCOC(=O)c1cc[nH]c1-c1ccc[nH]1. The minimum absolute atomic E-state index is 0.302. The first-order chi connectivity index (χ1) is 7.33. The maximum atomic E-state index is 11.6. The van der Waals surface area contributed by atoms with Gasteiger partial charge in [0.25, 0.3) is 0 Å².